The van der Waals surface area contributed by atoms with Crippen LogP contribution in [-0.4, -0.2) is 52.0 Å². The van der Waals surface area contributed by atoms with Crippen LogP contribution in [0.4, 0.5) is 0 Å². The molecule has 3 rings (SSSR count). The zero-order valence-corrected chi connectivity index (χ0v) is 17.1. The third-order valence-corrected chi connectivity index (χ3v) is 6.87. The highest BCUT2D eigenvalue weighted by molar-refractivity contribution is 5.55. The fourth-order valence-corrected chi connectivity index (χ4v) is 5.41. The number of hydrogen-bond acceptors (Lipinski definition) is 4. The number of ether oxygens (including phenoxy) is 3. The summed E-state index contributed by atoms with van der Waals surface area (Å²) in [7, 11) is 5.73. The van der Waals surface area contributed by atoms with Crippen molar-refractivity contribution in [1.29, 1.82) is 0 Å². The smallest absolute Gasteiger partial charge is 0.165 e. The maximum absolute atomic E-state index is 6.28. The van der Waals surface area contributed by atoms with Crippen molar-refractivity contribution in [1.82, 2.24) is 4.90 Å². The average molecular weight is 362 g/mol. The Labute approximate surface area is 158 Å². The van der Waals surface area contributed by atoms with Crippen LogP contribution in [0.25, 0.3) is 0 Å². The zero-order valence-electron chi connectivity index (χ0n) is 17.1. The molecule has 4 heteroatoms. The molecule has 2 fully saturated rings. The number of fused-ring (bicyclic) bond motifs is 1. The molecule has 2 aliphatic rings. The van der Waals surface area contributed by atoms with Crippen molar-refractivity contribution >= 4 is 0 Å². The first-order valence-corrected chi connectivity index (χ1v) is 10.0. The summed E-state index contributed by atoms with van der Waals surface area (Å²) in [5.41, 5.74) is 2.94. The van der Waals surface area contributed by atoms with Crippen LogP contribution in [0, 0.1) is 12.8 Å². The predicted octanol–water partition coefficient (Wildman–Crippen LogP) is 4.18. The van der Waals surface area contributed by atoms with E-state index in [1.54, 1.807) is 14.2 Å². The van der Waals surface area contributed by atoms with Crippen LogP contribution < -0.4 is 9.47 Å². The van der Waals surface area contributed by atoms with E-state index in [0.29, 0.717) is 25.2 Å². The first-order valence-electron chi connectivity index (χ1n) is 10.0. The van der Waals surface area contributed by atoms with Gasteiger partial charge in [-0.3, -0.25) is 0 Å². The van der Waals surface area contributed by atoms with E-state index in [0.717, 1.165) is 18.0 Å². The molecule has 1 saturated heterocycles. The van der Waals surface area contributed by atoms with E-state index in [1.807, 2.05) is 6.07 Å². The van der Waals surface area contributed by atoms with Crippen LogP contribution >= 0.6 is 0 Å². The van der Waals surface area contributed by atoms with Gasteiger partial charge in [0, 0.05) is 24.1 Å². The Morgan fingerprint density at radius 1 is 1.15 bits per heavy atom. The van der Waals surface area contributed by atoms with Crippen molar-refractivity contribution in [3.8, 4) is 11.5 Å². The Hall–Kier alpha value is -1.26. The number of likely N-dealkylation sites (tertiary alicyclic amines) is 1. The van der Waals surface area contributed by atoms with Gasteiger partial charge >= 0.3 is 0 Å². The van der Waals surface area contributed by atoms with Crippen LogP contribution in [-0.2, 0) is 10.2 Å². The fraction of sp³-hybridized carbons (Fsp3) is 0.727. The van der Waals surface area contributed by atoms with E-state index in [2.05, 4.69) is 31.9 Å². The molecule has 1 aliphatic heterocycles. The van der Waals surface area contributed by atoms with Gasteiger partial charge in [0.05, 0.1) is 13.7 Å². The molecular weight excluding hydrogens is 326 g/mol. The lowest BCUT2D eigenvalue weighted by Gasteiger charge is -2.54. The second kappa shape index (κ2) is 8.18. The van der Waals surface area contributed by atoms with Gasteiger partial charge in [0.25, 0.3) is 0 Å². The quantitative estimate of drug-likeness (QED) is 0.711. The molecular formula is C22H35NO3. The minimum absolute atomic E-state index is 0.200. The van der Waals surface area contributed by atoms with Gasteiger partial charge in [-0.2, -0.15) is 0 Å². The highest BCUT2D eigenvalue weighted by atomic mass is 16.5. The van der Waals surface area contributed by atoms with Crippen molar-refractivity contribution < 1.29 is 14.2 Å². The van der Waals surface area contributed by atoms with E-state index in [9.17, 15) is 0 Å². The van der Waals surface area contributed by atoms with Crippen LogP contribution in [0.5, 0.6) is 11.5 Å². The SMILES string of the molecule is COCCOc1c(OC)ccc(C)c1C12CCCCC1C(C)N(C)CC2. The highest BCUT2D eigenvalue weighted by Gasteiger charge is 2.50. The predicted molar refractivity (Wildman–Crippen MR) is 105 cm³/mol. The second-order valence-electron chi connectivity index (χ2n) is 8.11. The third-order valence-electron chi connectivity index (χ3n) is 6.87. The lowest BCUT2D eigenvalue weighted by Crippen LogP contribution is -2.55. The molecule has 146 valence electrons. The van der Waals surface area contributed by atoms with E-state index in [1.165, 1.54) is 43.2 Å². The summed E-state index contributed by atoms with van der Waals surface area (Å²) in [6.07, 6.45) is 6.41. The topological polar surface area (TPSA) is 30.9 Å². The van der Waals surface area contributed by atoms with Gasteiger partial charge in [0.15, 0.2) is 11.5 Å². The molecule has 0 radical (unpaired) electrons. The minimum atomic E-state index is 0.200. The van der Waals surface area contributed by atoms with Crippen LogP contribution in [0.1, 0.15) is 50.2 Å². The van der Waals surface area contributed by atoms with Gasteiger partial charge in [0.1, 0.15) is 6.61 Å². The standard InChI is InChI=1S/C22H35NO3/c1-16-9-10-19(25-5)21(26-15-14-24-4)20(16)22-11-7-6-8-18(22)17(2)23(3)13-12-22/h9-10,17-18H,6-8,11-15H2,1-5H3. The number of piperidine rings is 1. The molecule has 1 aromatic carbocycles. The number of aryl methyl sites for hydroxylation is 1. The fourth-order valence-electron chi connectivity index (χ4n) is 5.41. The van der Waals surface area contributed by atoms with Gasteiger partial charge in [-0.15, -0.1) is 0 Å². The van der Waals surface area contributed by atoms with E-state index in [4.69, 9.17) is 14.2 Å². The van der Waals surface area contributed by atoms with E-state index < -0.39 is 0 Å². The molecule has 3 atom stereocenters. The van der Waals surface area contributed by atoms with E-state index >= 15 is 0 Å². The van der Waals surface area contributed by atoms with Crippen molar-refractivity contribution in [2.24, 2.45) is 5.92 Å². The average Bonchev–Trinajstić information content (AvgIpc) is 2.65. The Kier molecular flexibility index (Phi) is 6.13. The normalized spacial score (nSPS) is 29.3. The molecule has 4 nitrogen and oxygen atoms in total. The Morgan fingerprint density at radius 2 is 1.96 bits per heavy atom. The summed E-state index contributed by atoms with van der Waals surface area (Å²) >= 11 is 0. The molecule has 3 unspecified atom stereocenters. The molecule has 26 heavy (non-hydrogen) atoms. The lowest BCUT2D eigenvalue weighted by molar-refractivity contribution is 0.0204. The first kappa shape index (κ1) is 19.5. The highest BCUT2D eigenvalue weighted by Crippen LogP contribution is 2.55. The summed E-state index contributed by atoms with van der Waals surface area (Å²) in [5.74, 6) is 2.48. The molecule has 0 amide bonds. The molecule has 1 aliphatic carbocycles. The van der Waals surface area contributed by atoms with Gasteiger partial charge in [-0.05, 0) is 64.3 Å². The third kappa shape index (κ3) is 3.34. The molecule has 1 aromatic rings. The molecule has 0 spiro atoms. The summed E-state index contributed by atoms with van der Waals surface area (Å²) in [6, 6.07) is 4.86. The van der Waals surface area contributed by atoms with Gasteiger partial charge in [-0.25, -0.2) is 0 Å². The minimum Gasteiger partial charge on any atom is -0.493 e. The molecule has 1 heterocycles. The number of methoxy groups -OCH3 is 2. The number of benzene rings is 1. The first-order chi connectivity index (χ1) is 12.5. The number of rotatable bonds is 6. The molecule has 0 bridgehead atoms. The van der Waals surface area contributed by atoms with E-state index in [-0.39, 0.29) is 5.41 Å². The summed E-state index contributed by atoms with van der Waals surface area (Å²) in [5, 5.41) is 0. The second-order valence-corrected chi connectivity index (χ2v) is 8.11. The van der Waals surface area contributed by atoms with Crippen molar-refractivity contribution in [2.45, 2.75) is 57.4 Å². The van der Waals surface area contributed by atoms with Crippen molar-refractivity contribution in [3.05, 3.63) is 23.3 Å². The summed E-state index contributed by atoms with van der Waals surface area (Å²) in [4.78, 5) is 2.54. The van der Waals surface area contributed by atoms with Crippen LogP contribution in [0.15, 0.2) is 12.1 Å². The molecule has 0 N–H and O–H groups in total. The van der Waals surface area contributed by atoms with Gasteiger partial charge in [-0.1, -0.05) is 18.9 Å². The van der Waals surface area contributed by atoms with Gasteiger partial charge in [0.2, 0.25) is 0 Å². The number of hydrogen-bond donors (Lipinski definition) is 0. The van der Waals surface area contributed by atoms with Crippen molar-refractivity contribution in [3.63, 3.8) is 0 Å². The van der Waals surface area contributed by atoms with Crippen LogP contribution in [0.3, 0.4) is 0 Å². The zero-order chi connectivity index (χ0) is 18.7. The Morgan fingerprint density at radius 3 is 2.69 bits per heavy atom. The lowest BCUT2D eigenvalue weighted by atomic mass is 9.56. The molecule has 0 aromatic heterocycles. The largest absolute Gasteiger partial charge is 0.493 e. The monoisotopic (exact) mass is 361 g/mol. The van der Waals surface area contributed by atoms with Gasteiger partial charge < -0.3 is 19.1 Å². The summed E-state index contributed by atoms with van der Waals surface area (Å²) < 4.78 is 17.2. The summed E-state index contributed by atoms with van der Waals surface area (Å²) in [6.45, 7) is 6.93. The van der Waals surface area contributed by atoms with Crippen molar-refractivity contribution in [2.75, 3.05) is 41.0 Å². The molecule has 1 saturated carbocycles. The maximum Gasteiger partial charge on any atom is 0.165 e. The maximum atomic E-state index is 6.28. The number of nitrogens with zero attached hydrogens (tertiary/aromatic N) is 1. The van der Waals surface area contributed by atoms with Crippen LogP contribution in [0.2, 0.25) is 0 Å². The Balaban J connectivity index is 2.10. The Bertz CT molecular complexity index is 618.